The van der Waals surface area contributed by atoms with Gasteiger partial charge in [-0.3, -0.25) is 4.79 Å². The Balaban J connectivity index is 0.00000254. The van der Waals surface area contributed by atoms with E-state index in [1.165, 1.54) is 25.9 Å². The highest BCUT2D eigenvalue weighted by molar-refractivity contribution is 5.76. The first-order valence-corrected chi connectivity index (χ1v) is 9.38. The molecule has 1 rings (SSSR count). The molecule has 24 heavy (non-hydrogen) atoms. The molecule has 0 spiro atoms. The average Bonchev–Trinajstić information content (AvgIpc) is 2.62. The summed E-state index contributed by atoms with van der Waals surface area (Å²) in [6.07, 6.45) is 3.53. The maximum atomic E-state index is 10.9. The van der Waals surface area contributed by atoms with Gasteiger partial charge in [0.25, 0.3) is 0 Å². The zero-order valence-corrected chi connectivity index (χ0v) is 16.1. The fourth-order valence-corrected chi connectivity index (χ4v) is 2.30. The predicted octanol–water partition coefficient (Wildman–Crippen LogP) is 1.93. The molecule has 1 heterocycles. The van der Waals surface area contributed by atoms with Crippen LogP contribution < -0.4 is 5.32 Å². The number of hydrogen-bond donors (Lipinski definition) is 1. The number of likely N-dealkylation sites (tertiary alicyclic amines) is 1. The second-order valence-corrected chi connectivity index (χ2v) is 5.83. The van der Waals surface area contributed by atoms with Crippen molar-refractivity contribution in [3.8, 4) is 0 Å². The Morgan fingerprint density at radius 3 is 2.21 bits per heavy atom. The number of hydrogen-bond acceptors (Lipinski definition) is 5. The second-order valence-electron chi connectivity index (χ2n) is 5.83. The van der Waals surface area contributed by atoms with Crippen LogP contribution in [0.3, 0.4) is 0 Å². The average molecular weight is 347 g/mol. The maximum absolute atomic E-state index is 10.9. The van der Waals surface area contributed by atoms with Crippen molar-refractivity contribution in [2.24, 2.45) is 5.92 Å². The molecule has 0 aromatic heterocycles. The Morgan fingerprint density at radius 2 is 1.58 bits per heavy atom. The van der Waals surface area contributed by atoms with Gasteiger partial charge in [0.15, 0.2) is 0 Å². The van der Waals surface area contributed by atoms with E-state index in [0.717, 1.165) is 32.1 Å². The molecule has 1 fully saturated rings. The molecule has 6 nitrogen and oxygen atoms in total. The number of carbonyl (C=O) groups excluding carboxylic acids is 1. The van der Waals surface area contributed by atoms with Crippen LogP contribution in [0.15, 0.2) is 0 Å². The van der Waals surface area contributed by atoms with Crippen LogP contribution in [-0.4, -0.2) is 77.1 Å². The SMILES string of the molecule is CC.CNC(=O)COCCOCCCOCCN1CCC(C)CC1. The summed E-state index contributed by atoms with van der Waals surface area (Å²) in [5, 5.41) is 2.50. The summed E-state index contributed by atoms with van der Waals surface area (Å²) in [4.78, 5) is 13.4. The lowest BCUT2D eigenvalue weighted by Crippen LogP contribution is -2.35. The van der Waals surface area contributed by atoms with Gasteiger partial charge in [-0.15, -0.1) is 0 Å². The molecule has 1 saturated heterocycles. The molecular weight excluding hydrogens is 308 g/mol. The van der Waals surface area contributed by atoms with Gasteiger partial charge < -0.3 is 24.4 Å². The standard InChI is InChI=1S/C16H32N2O4.C2H6/c1-15-4-6-18(7-5-15)8-11-20-9-3-10-21-12-13-22-14-16(19)17-2;1-2/h15H,3-14H2,1-2H3,(H,17,19);1-2H3. The number of amides is 1. The largest absolute Gasteiger partial charge is 0.380 e. The van der Waals surface area contributed by atoms with Crippen molar-refractivity contribution in [1.29, 1.82) is 0 Å². The van der Waals surface area contributed by atoms with Gasteiger partial charge >= 0.3 is 0 Å². The third kappa shape index (κ3) is 13.7. The minimum atomic E-state index is -0.114. The first-order chi connectivity index (χ1) is 11.7. The fraction of sp³-hybridized carbons (Fsp3) is 0.944. The minimum absolute atomic E-state index is 0.0955. The fourth-order valence-electron chi connectivity index (χ4n) is 2.30. The van der Waals surface area contributed by atoms with Crippen molar-refractivity contribution in [3.05, 3.63) is 0 Å². The first-order valence-electron chi connectivity index (χ1n) is 9.38. The van der Waals surface area contributed by atoms with Gasteiger partial charge in [0.2, 0.25) is 5.91 Å². The van der Waals surface area contributed by atoms with Crippen molar-refractivity contribution in [3.63, 3.8) is 0 Å². The molecule has 1 aliphatic rings. The van der Waals surface area contributed by atoms with E-state index in [9.17, 15) is 4.79 Å². The quantitative estimate of drug-likeness (QED) is 0.547. The molecule has 0 atom stereocenters. The molecular formula is C18H38N2O4. The van der Waals surface area contributed by atoms with Gasteiger partial charge in [-0.1, -0.05) is 20.8 Å². The Morgan fingerprint density at radius 1 is 1.00 bits per heavy atom. The summed E-state index contributed by atoms with van der Waals surface area (Å²) < 4.78 is 16.2. The number of carbonyl (C=O) groups is 1. The smallest absolute Gasteiger partial charge is 0.245 e. The highest BCUT2D eigenvalue weighted by Crippen LogP contribution is 2.15. The van der Waals surface area contributed by atoms with Crippen LogP contribution >= 0.6 is 0 Å². The molecule has 1 N–H and O–H groups in total. The first kappa shape index (κ1) is 23.3. The summed E-state index contributed by atoms with van der Waals surface area (Å²) in [6, 6.07) is 0. The van der Waals surface area contributed by atoms with Crippen molar-refractivity contribution in [1.82, 2.24) is 10.2 Å². The van der Waals surface area contributed by atoms with Crippen molar-refractivity contribution < 1.29 is 19.0 Å². The van der Waals surface area contributed by atoms with E-state index in [4.69, 9.17) is 14.2 Å². The van der Waals surface area contributed by atoms with E-state index < -0.39 is 0 Å². The lowest BCUT2D eigenvalue weighted by atomic mass is 9.99. The van der Waals surface area contributed by atoms with Crippen LogP contribution in [0.2, 0.25) is 0 Å². The predicted molar refractivity (Wildman–Crippen MR) is 97.3 cm³/mol. The number of nitrogens with zero attached hydrogens (tertiary/aromatic N) is 1. The Labute approximate surface area is 148 Å². The summed E-state index contributed by atoms with van der Waals surface area (Å²) in [5.74, 6) is 0.770. The number of likely N-dealkylation sites (N-methyl/N-ethyl adjacent to an activating group) is 1. The van der Waals surface area contributed by atoms with E-state index >= 15 is 0 Å². The third-order valence-corrected chi connectivity index (χ3v) is 3.89. The Kier molecular flexibility index (Phi) is 16.7. The highest BCUT2D eigenvalue weighted by Gasteiger charge is 2.14. The normalized spacial score (nSPS) is 15.7. The van der Waals surface area contributed by atoms with Crippen LogP contribution in [0.25, 0.3) is 0 Å². The van der Waals surface area contributed by atoms with Gasteiger partial charge in [-0.05, 0) is 38.3 Å². The topological polar surface area (TPSA) is 60.0 Å². The Hall–Kier alpha value is -0.690. The summed E-state index contributed by atoms with van der Waals surface area (Å²) in [6.45, 7) is 13.1. The number of rotatable bonds is 12. The van der Waals surface area contributed by atoms with E-state index in [2.05, 4.69) is 17.1 Å². The van der Waals surface area contributed by atoms with E-state index in [1.54, 1.807) is 7.05 Å². The van der Waals surface area contributed by atoms with Gasteiger partial charge in [-0.25, -0.2) is 0 Å². The molecule has 0 aliphatic carbocycles. The maximum Gasteiger partial charge on any atom is 0.245 e. The van der Waals surface area contributed by atoms with Crippen LogP contribution in [0.5, 0.6) is 0 Å². The third-order valence-electron chi connectivity index (χ3n) is 3.89. The minimum Gasteiger partial charge on any atom is -0.380 e. The molecule has 0 radical (unpaired) electrons. The molecule has 1 aliphatic heterocycles. The van der Waals surface area contributed by atoms with Gasteiger partial charge in [0.1, 0.15) is 6.61 Å². The van der Waals surface area contributed by atoms with Gasteiger partial charge in [-0.2, -0.15) is 0 Å². The van der Waals surface area contributed by atoms with Gasteiger partial charge in [0, 0.05) is 26.8 Å². The number of nitrogens with one attached hydrogen (secondary N) is 1. The van der Waals surface area contributed by atoms with E-state index in [-0.39, 0.29) is 12.5 Å². The summed E-state index contributed by atoms with van der Waals surface area (Å²) in [7, 11) is 1.59. The van der Waals surface area contributed by atoms with E-state index in [1.807, 2.05) is 13.8 Å². The molecule has 0 unspecified atom stereocenters. The monoisotopic (exact) mass is 346 g/mol. The molecule has 0 aromatic carbocycles. The zero-order valence-electron chi connectivity index (χ0n) is 16.1. The van der Waals surface area contributed by atoms with Crippen molar-refractivity contribution in [2.45, 2.75) is 40.0 Å². The summed E-state index contributed by atoms with van der Waals surface area (Å²) in [5.41, 5.74) is 0. The van der Waals surface area contributed by atoms with Crippen LogP contribution in [-0.2, 0) is 19.0 Å². The molecule has 144 valence electrons. The molecule has 0 aromatic rings. The lowest BCUT2D eigenvalue weighted by molar-refractivity contribution is -0.125. The lowest BCUT2D eigenvalue weighted by Gasteiger charge is -2.29. The van der Waals surface area contributed by atoms with E-state index in [0.29, 0.717) is 19.8 Å². The molecule has 1 amide bonds. The van der Waals surface area contributed by atoms with Crippen molar-refractivity contribution >= 4 is 5.91 Å². The highest BCUT2D eigenvalue weighted by atomic mass is 16.5. The number of piperidine rings is 1. The van der Waals surface area contributed by atoms with Crippen LogP contribution in [0, 0.1) is 5.92 Å². The molecule has 6 heteroatoms. The second kappa shape index (κ2) is 17.1. The van der Waals surface area contributed by atoms with Gasteiger partial charge in [0.05, 0.1) is 19.8 Å². The Bertz CT molecular complexity index is 282. The molecule has 0 bridgehead atoms. The van der Waals surface area contributed by atoms with Crippen LogP contribution in [0.1, 0.15) is 40.0 Å². The number of ether oxygens (including phenoxy) is 3. The van der Waals surface area contributed by atoms with Crippen LogP contribution in [0.4, 0.5) is 0 Å². The van der Waals surface area contributed by atoms with Crippen molar-refractivity contribution in [2.75, 3.05) is 66.3 Å². The molecule has 0 saturated carbocycles. The summed E-state index contributed by atoms with van der Waals surface area (Å²) >= 11 is 0. The zero-order chi connectivity index (χ0) is 18.0.